The van der Waals surface area contributed by atoms with E-state index in [1.807, 2.05) is 19.1 Å². The van der Waals surface area contributed by atoms with Crippen LogP contribution in [-0.2, 0) is 14.8 Å². The summed E-state index contributed by atoms with van der Waals surface area (Å²) in [4.78, 5) is 20.3. The van der Waals surface area contributed by atoms with E-state index >= 15 is 0 Å². The Morgan fingerprint density at radius 1 is 1.17 bits per heavy atom. The Kier molecular flexibility index (Phi) is 7.14. The van der Waals surface area contributed by atoms with Crippen LogP contribution in [0.5, 0.6) is 0 Å². The van der Waals surface area contributed by atoms with E-state index in [0.717, 1.165) is 47.9 Å². The first kappa shape index (κ1) is 24.6. The lowest BCUT2D eigenvalue weighted by molar-refractivity contribution is 0.0917. The van der Waals surface area contributed by atoms with Gasteiger partial charge in [0.2, 0.25) is 10.0 Å². The first-order valence-corrected chi connectivity index (χ1v) is 14.6. The van der Waals surface area contributed by atoms with Crippen LogP contribution < -0.4 is 4.90 Å². The number of hydrogen-bond acceptors (Lipinski definition) is 6. The highest BCUT2D eigenvalue weighted by atomic mass is 35.5. The fraction of sp³-hybridized carbons (Fsp3) is 0.440. The van der Waals surface area contributed by atoms with E-state index in [0.29, 0.717) is 42.0 Å². The molecule has 2 aliphatic heterocycles. The van der Waals surface area contributed by atoms with Gasteiger partial charge < -0.3 is 4.74 Å². The highest BCUT2D eigenvalue weighted by Gasteiger charge is 2.29. The number of anilines is 1. The van der Waals surface area contributed by atoms with Crippen molar-refractivity contribution in [3.63, 3.8) is 0 Å². The topological polar surface area (TPSA) is 79.8 Å². The van der Waals surface area contributed by atoms with Gasteiger partial charge in [0.1, 0.15) is 0 Å². The minimum atomic E-state index is -3.56. The minimum absolute atomic E-state index is 0.0607. The highest BCUT2D eigenvalue weighted by Crippen LogP contribution is 2.34. The van der Waals surface area contributed by atoms with Gasteiger partial charge in [-0.25, -0.2) is 13.4 Å². The van der Waals surface area contributed by atoms with Gasteiger partial charge in [-0.1, -0.05) is 29.4 Å². The predicted octanol–water partition coefficient (Wildman–Crippen LogP) is 5.26. The molecule has 2 aromatic carbocycles. The van der Waals surface area contributed by atoms with E-state index < -0.39 is 10.0 Å². The second-order valence-electron chi connectivity index (χ2n) is 9.11. The highest BCUT2D eigenvalue weighted by molar-refractivity contribution is 7.89. The number of aromatic nitrogens is 1. The molecule has 0 aliphatic carbocycles. The molecular formula is C25H28ClN3O4S2. The summed E-state index contributed by atoms with van der Waals surface area (Å²) in [6, 6.07) is 9.97. The van der Waals surface area contributed by atoms with Gasteiger partial charge in [0.05, 0.1) is 27.8 Å². The summed E-state index contributed by atoms with van der Waals surface area (Å²) < 4.78 is 34.3. The summed E-state index contributed by atoms with van der Waals surface area (Å²) in [7, 11) is -3.56. The summed E-state index contributed by atoms with van der Waals surface area (Å²) in [5.41, 5.74) is 2.18. The number of halogens is 1. The Labute approximate surface area is 214 Å². The fourth-order valence-electron chi connectivity index (χ4n) is 4.68. The molecule has 2 saturated heterocycles. The zero-order chi connectivity index (χ0) is 24.6. The number of hydrogen-bond donors (Lipinski definition) is 0. The van der Waals surface area contributed by atoms with Crippen LogP contribution in [0.1, 0.15) is 48.0 Å². The Morgan fingerprint density at radius 2 is 1.91 bits per heavy atom. The van der Waals surface area contributed by atoms with Crippen LogP contribution in [0.25, 0.3) is 10.2 Å². The van der Waals surface area contributed by atoms with Crippen LogP contribution in [-0.4, -0.2) is 56.0 Å². The summed E-state index contributed by atoms with van der Waals surface area (Å²) in [6.07, 6.45) is 4.59. The molecule has 3 aromatic rings. The van der Waals surface area contributed by atoms with Gasteiger partial charge in [-0.2, -0.15) is 4.31 Å². The second-order valence-corrected chi connectivity index (χ2v) is 12.5. The summed E-state index contributed by atoms with van der Waals surface area (Å²) in [5, 5.41) is 1.21. The maximum Gasteiger partial charge on any atom is 0.260 e. The number of carbonyl (C=O) groups excluding carboxylic acids is 1. The number of ether oxygens (including phenoxy) is 1. The van der Waals surface area contributed by atoms with E-state index in [9.17, 15) is 13.2 Å². The molecule has 7 nitrogen and oxygen atoms in total. The zero-order valence-corrected chi connectivity index (χ0v) is 22.0. The molecule has 1 amide bonds. The normalized spacial score (nSPS) is 19.3. The molecule has 1 aromatic heterocycles. The van der Waals surface area contributed by atoms with E-state index in [2.05, 4.69) is 0 Å². The van der Waals surface area contributed by atoms with Crippen LogP contribution in [0.15, 0.2) is 41.3 Å². The Morgan fingerprint density at radius 3 is 2.60 bits per heavy atom. The standard InChI is InChI=1S/C25H28ClN3O4S2/c1-17-14-19(26)15-22-23(17)27-25(34-22)29(16-20-6-5-13-33-20)24(30)18-7-9-21(10-8-18)35(31,32)28-11-3-2-4-12-28/h7-10,14-15,20H,2-6,11-13,16H2,1H3. The Hall–Kier alpha value is -2.04. The van der Waals surface area contributed by atoms with Crippen molar-refractivity contribution in [1.29, 1.82) is 0 Å². The average molecular weight is 534 g/mol. The molecule has 10 heteroatoms. The Bertz CT molecular complexity index is 1330. The quantitative estimate of drug-likeness (QED) is 0.432. The van der Waals surface area contributed by atoms with Crippen molar-refractivity contribution in [2.45, 2.75) is 50.0 Å². The predicted molar refractivity (Wildman–Crippen MR) is 139 cm³/mol. The number of fused-ring (bicyclic) bond motifs is 1. The molecule has 5 rings (SSSR count). The lowest BCUT2D eigenvalue weighted by Gasteiger charge is -2.26. The number of nitrogens with zero attached hydrogens (tertiary/aromatic N) is 3. The van der Waals surface area contributed by atoms with Crippen LogP contribution >= 0.6 is 22.9 Å². The van der Waals surface area contributed by atoms with Crippen molar-refractivity contribution in [2.24, 2.45) is 0 Å². The molecule has 0 bridgehead atoms. The number of sulfonamides is 1. The van der Waals surface area contributed by atoms with Crippen LogP contribution in [0, 0.1) is 6.92 Å². The van der Waals surface area contributed by atoms with Gasteiger partial charge in [-0.05, 0) is 74.6 Å². The summed E-state index contributed by atoms with van der Waals surface area (Å²) in [6.45, 7) is 4.10. The molecular weight excluding hydrogens is 506 g/mol. The van der Waals surface area contributed by atoms with Gasteiger partial charge in [0, 0.05) is 30.3 Å². The van der Waals surface area contributed by atoms with E-state index in [1.165, 1.54) is 27.8 Å². The van der Waals surface area contributed by atoms with Gasteiger partial charge >= 0.3 is 0 Å². The van der Waals surface area contributed by atoms with E-state index in [1.54, 1.807) is 17.0 Å². The van der Waals surface area contributed by atoms with Crippen molar-refractivity contribution < 1.29 is 17.9 Å². The SMILES string of the molecule is Cc1cc(Cl)cc2sc(N(CC3CCCO3)C(=O)c3ccc(S(=O)(=O)N4CCCCC4)cc3)nc12. The van der Waals surface area contributed by atoms with Crippen LogP contribution in [0.2, 0.25) is 5.02 Å². The van der Waals surface area contributed by atoms with Crippen molar-refractivity contribution >= 4 is 54.2 Å². The second kappa shape index (κ2) is 10.1. The number of thiazole rings is 1. The van der Waals surface area contributed by atoms with Crippen molar-refractivity contribution in [3.05, 3.63) is 52.5 Å². The molecule has 0 N–H and O–H groups in total. The maximum atomic E-state index is 13.7. The lowest BCUT2D eigenvalue weighted by atomic mass is 10.2. The number of carbonyl (C=O) groups is 1. The van der Waals surface area contributed by atoms with Crippen molar-refractivity contribution in [1.82, 2.24) is 9.29 Å². The summed E-state index contributed by atoms with van der Waals surface area (Å²) >= 11 is 7.66. The number of rotatable bonds is 6. The Balaban J connectivity index is 1.45. The molecule has 1 unspecified atom stereocenters. The third kappa shape index (κ3) is 5.11. The maximum absolute atomic E-state index is 13.7. The molecule has 0 saturated carbocycles. The third-order valence-electron chi connectivity index (χ3n) is 6.58. The smallest absolute Gasteiger partial charge is 0.260 e. The van der Waals surface area contributed by atoms with Gasteiger partial charge in [0.15, 0.2) is 5.13 Å². The fourth-order valence-corrected chi connectivity index (χ4v) is 7.62. The molecule has 35 heavy (non-hydrogen) atoms. The lowest BCUT2D eigenvalue weighted by Crippen LogP contribution is -2.37. The van der Waals surface area contributed by atoms with Gasteiger partial charge in [-0.3, -0.25) is 9.69 Å². The molecule has 0 spiro atoms. The average Bonchev–Trinajstić information content (AvgIpc) is 3.53. The first-order chi connectivity index (χ1) is 16.8. The van der Waals surface area contributed by atoms with Crippen LogP contribution in [0.4, 0.5) is 5.13 Å². The van der Waals surface area contributed by atoms with Crippen molar-refractivity contribution in [3.8, 4) is 0 Å². The van der Waals surface area contributed by atoms with Crippen molar-refractivity contribution in [2.75, 3.05) is 31.1 Å². The van der Waals surface area contributed by atoms with E-state index in [-0.39, 0.29) is 16.9 Å². The molecule has 186 valence electrons. The molecule has 0 radical (unpaired) electrons. The number of benzene rings is 2. The zero-order valence-electron chi connectivity index (χ0n) is 19.6. The van der Waals surface area contributed by atoms with Gasteiger partial charge in [-0.15, -0.1) is 0 Å². The third-order valence-corrected chi connectivity index (χ3v) is 9.74. The molecule has 2 aliphatic rings. The number of piperidine rings is 1. The van der Waals surface area contributed by atoms with Gasteiger partial charge in [0.25, 0.3) is 5.91 Å². The monoisotopic (exact) mass is 533 g/mol. The summed E-state index contributed by atoms with van der Waals surface area (Å²) in [5.74, 6) is -0.231. The largest absolute Gasteiger partial charge is 0.376 e. The molecule has 2 fully saturated rings. The number of amides is 1. The molecule has 3 heterocycles. The van der Waals surface area contributed by atoms with E-state index in [4.69, 9.17) is 21.3 Å². The first-order valence-electron chi connectivity index (χ1n) is 11.9. The molecule has 1 atom stereocenters. The number of aryl methyl sites for hydroxylation is 1. The van der Waals surface area contributed by atoms with Crippen LogP contribution in [0.3, 0.4) is 0 Å². The minimum Gasteiger partial charge on any atom is -0.376 e.